The molecule has 0 amide bonds. The standard InChI is InChI=1S/C10H19N3O/c1-4-5-9-12-10(14-13-9)7-11-6-8(2)3/h8,11H,4-7H2,1-3H3. The van der Waals surface area contributed by atoms with Crippen molar-refractivity contribution >= 4 is 0 Å². The molecular formula is C10H19N3O. The van der Waals surface area contributed by atoms with Crippen LogP contribution in [0.3, 0.4) is 0 Å². The number of aryl methyl sites for hydroxylation is 1. The predicted molar refractivity (Wildman–Crippen MR) is 54.8 cm³/mol. The lowest BCUT2D eigenvalue weighted by Crippen LogP contribution is -2.19. The molecule has 0 radical (unpaired) electrons. The molecule has 0 aliphatic carbocycles. The molecule has 0 aromatic carbocycles. The summed E-state index contributed by atoms with van der Waals surface area (Å²) in [5.74, 6) is 2.15. The number of nitrogens with one attached hydrogen (secondary N) is 1. The first-order valence-corrected chi connectivity index (χ1v) is 5.24. The Morgan fingerprint density at radius 1 is 1.43 bits per heavy atom. The van der Waals surface area contributed by atoms with E-state index in [2.05, 4.69) is 36.2 Å². The van der Waals surface area contributed by atoms with Crippen molar-refractivity contribution in [2.45, 2.75) is 40.2 Å². The third kappa shape index (κ3) is 3.87. The number of hydrogen-bond acceptors (Lipinski definition) is 4. The molecule has 0 aliphatic rings. The van der Waals surface area contributed by atoms with Gasteiger partial charge in [0.15, 0.2) is 5.82 Å². The highest BCUT2D eigenvalue weighted by atomic mass is 16.5. The van der Waals surface area contributed by atoms with Crippen LogP contribution in [0.2, 0.25) is 0 Å². The zero-order valence-corrected chi connectivity index (χ0v) is 9.21. The van der Waals surface area contributed by atoms with Gasteiger partial charge in [-0.2, -0.15) is 4.98 Å². The summed E-state index contributed by atoms with van der Waals surface area (Å²) in [5.41, 5.74) is 0. The van der Waals surface area contributed by atoms with Crippen molar-refractivity contribution in [3.05, 3.63) is 11.7 Å². The molecule has 1 aromatic rings. The van der Waals surface area contributed by atoms with E-state index in [0.717, 1.165) is 25.2 Å². The second-order valence-corrected chi connectivity index (χ2v) is 3.88. The van der Waals surface area contributed by atoms with Gasteiger partial charge >= 0.3 is 0 Å². The predicted octanol–water partition coefficient (Wildman–Crippen LogP) is 1.77. The normalized spacial score (nSPS) is 11.1. The maximum absolute atomic E-state index is 5.08. The topological polar surface area (TPSA) is 51.0 Å². The van der Waals surface area contributed by atoms with Gasteiger partial charge in [0.25, 0.3) is 0 Å². The number of aromatic nitrogens is 2. The summed E-state index contributed by atoms with van der Waals surface area (Å²) in [6, 6.07) is 0. The van der Waals surface area contributed by atoms with Gasteiger partial charge in [0.1, 0.15) is 0 Å². The smallest absolute Gasteiger partial charge is 0.240 e. The molecule has 4 heteroatoms. The summed E-state index contributed by atoms with van der Waals surface area (Å²) in [5, 5.41) is 7.14. The molecule has 0 spiro atoms. The largest absolute Gasteiger partial charge is 0.338 e. The molecule has 4 nitrogen and oxygen atoms in total. The van der Waals surface area contributed by atoms with Crippen LogP contribution in [-0.2, 0) is 13.0 Å². The van der Waals surface area contributed by atoms with Crippen molar-refractivity contribution in [3.8, 4) is 0 Å². The third-order valence-corrected chi connectivity index (χ3v) is 1.81. The Morgan fingerprint density at radius 2 is 2.21 bits per heavy atom. The molecule has 1 rings (SSSR count). The van der Waals surface area contributed by atoms with Gasteiger partial charge in [0, 0.05) is 6.42 Å². The van der Waals surface area contributed by atoms with Gasteiger partial charge in [0.05, 0.1) is 6.54 Å². The molecule has 0 aliphatic heterocycles. The minimum atomic E-state index is 0.646. The van der Waals surface area contributed by atoms with Crippen molar-refractivity contribution in [3.63, 3.8) is 0 Å². The SMILES string of the molecule is CCCc1noc(CNCC(C)C)n1. The van der Waals surface area contributed by atoms with Crippen molar-refractivity contribution in [1.29, 1.82) is 0 Å². The van der Waals surface area contributed by atoms with Gasteiger partial charge in [-0.05, 0) is 18.9 Å². The molecule has 1 aromatic heterocycles. The van der Waals surface area contributed by atoms with Crippen LogP contribution in [0, 0.1) is 5.92 Å². The molecule has 80 valence electrons. The van der Waals surface area contributed by atoms with Crippen LogP contribution in [0.25, 0.3) is 0 Å². The second kappa shape index (κ2) is 5.75. The molecule has 14 heavy (non-hydrogen) atoms. The molecular weight excluding hydrogens is 178 g/mol. The van der Waals surface area contributed by atoms with Gasteiger partial charge < -0.3 is 9.84 Å². The van der Waals surface area contributed by atoms with Crippen molar-refractivity contribution in [2.24, 2.45) is 5.92 Å². The fourth-order valence-electron chi connectivity index (χ4n) is 1.15. The molecule has 0 saturated heterocycles. The Kier molecular flexibility index (Phi) is 4.59. The highest BCUT2D eigenvalue weighted by molar-refractivity contribution is 4.85. The Labute approximate surface area is 85.1 Å². The first-order valence-electron chi connectivity index (χ1n) is 5.24. The first kappa shape index (κ1) is 11.2. The maximum Gasteiger partial charge on any atom is 0.240 e. The maximum atomic E-state index is 5.08. The van der Waals surface area contributed by atoms with Gasteiger partial charge in [-0.15, -0.1) is 0 Å². The number of nitrogens with zero attached hydrogens (tertiary/aromatic N) is 2. The van der Waals surface area contributed by atoms with Crippen LogP contribution < -0.4 is 5.32 Å². The molecule has 1 N–H and O–H groups in total. The summed E-state index contributed by atoms with van der Waals surface area (Å²) in [7, 11) is 0. The Balaban J connectivity index is 2.28. The van der Waals surface area contributed by atoms with Crippen LogP contribution in [-0.4, -0.2) is 16.7 Å². The van der Waals surface area contributed by atoms with Crippen LogP contribution in [0.1, 0.15) is 38.9 Å². The highest BCUT2D eigenvalue weighted by Crippen LogP contribution is 2.00. The van der Waals surface area contributed by atoms with Gasteiger partial charge in [-0.1, -0.05) is 25.9 Å². The molecule has 1 heterocycles. The quantitative estimate of drug-likeness (QED) is 0.755. The lowest BCUT2D eigenvalue weighted by Gasteiger charge is -2.03. The zero-order chi connectivity index (χ0) is 10.4. The molecule has 0 atom stereocenters. The number of rotatable bonds is 6. The lowest BCUT2D eigenvalue weighted by atomic mass is 10.2. The molecule has 0 unspecified atom stereocenters. The highest BCUT2D eigenvalue weighted by Gasteiger charge is 2.04. The summed E-state index contributed by atoms with van der Waals surface area (Å²) in [4.78, 5) is 4.26. The molecule has 0 bridgehead atoms. The average molecular weight is 197 g/mol. The molecule has 0 saturated carbocycles. The Hall–Kier alpha value is -0.900. The van der Waals surface area contributed by atoms with E-state index in [1.165, 1.54) is 0 Å². The van der Waals surface area contributed by atoms with Crippen molar-refractivity contribution < 1.29 is 4.52 Å². The Bertz CT molecular complexity index is 258. The minimum Gasteiger partial charge on any atom is -0.338 e. The minimum absolute atomic E-state index is 0.646. The van der Waals surface area contributed by atoms with E-state index in [4.69, 9.17) is 4.52 Å². The van der Waals surface area contributed by atoms with Crippen LogP contribution >= 0.6 is 0 Å². The summed E-state index contributed by atoms with van der Waals surface area (Å²) >= 11 is 0. The molecule has 0 fully saturated rings. The lowest BCUT2D eigenvalue weighted by molar-refractivity contribution is 0.359. The van der Waals surface area contributed by atoms with Crippen molar-refractivity contribution in [2.75, 3.05) is 6.54 Å². The van der Waals surface area contributed by atoms with Crippen LogP contribution in [0.15, 0.2) is 4.52 Å². The van der Waals surface area contributed by atoms with E-state index in [0.29, 0.717) is 18.4 Å². The van der Waals surface area contributed by atoms with Gasteiger partial charge in [-0.25, -0.2) is 0 Å². The van der Waals surface area contributed by atoms with Crippen LogP contribution in [0.5, 0.6) is 0 Å². The van der Waals surface area contributed by atoms with E-state index in [-0.39, 0.29) is 0 Å². The zero-order valence-electron chi connectivity index (χ0n) is 9.21. The van der Waals surface area contributed by atoms with E-state index < -0.39 is 0 Å². The fraction of sp³-hybridized carbons (Fsp3) is 0.800. The average Bonchev–Trinajstić information content (AvgIpc) is 2.53. The van der Waals surface area contributed by atoms with E-state index in [1.54, 1.807) is 0 Å². The third-order valence-electron chi connectivity index (χ3n) is 1.81. The van der Waals surface area contributed by atoms with Gasteiger partial charge in [-0.3, -0.25) is 0 Å². The monoisotopic (exact) mass is 197 g/mol. The fourth-order valence-corrected chi connectivity index (χ4v) is 1.15. The first-order chi connectivity index (χ1) is 6.72. The van der Waals surface area contributed by atoms with E-state index in [1.807, 2.05) is 0 Å². The number of hydrogen-bond donors (Lipinski definition) is 1. The van der Waals surface area contributed by atoms with Crippen molar-refractivity contribution in [1.82, 2.24) is 15.5 Å². The van der Waals surface area contributed by atoms with Crippen LogP contribution in [0.4, 0.5) is 0 Å². The summed E-state index contributed by atoms with van der Waals surface area (Å²) in [6.07, 6.45) is 1.95. The van der Waals surface area contributed by atoms with E-state index in [9.17, 15) is 0 Å². The van der Waals surface area contributed by atoms with E-state index >= 15 is 0 Å². The summed E-state index contributed by atoms with van der Waals surface area (Å²) < 4.78 is 5.08. The second-order valence-electron chi connectivity index (χ2n) is 3.88. The Morgan fingerprint density at radius 3 is 2.86 bits per heavy atom. The summed E-state index contributed by atoms with van der Waals surface area (Å²) in [6.45, 7) is 8.10. The van der Waals surface area contributed by atoms with Gasteiger partial charge in [0.2, 0.25) is 5.89 Å².